The minimum Gasteiger partial charge on any atom is -0.461 e. The summed E-state index contributed by atoms with van der Waals surface area (Å²) in [5.74, 6) is 0.0157. The van der Waals surface area contributed by atoms with Gasteiger partial charge in [-0.25, -0.2) is 13.6 Å². The van der Waals surface area contributed by atoms with E-state index in [1.165, 1.54) is 0 Å². The predicted molar refractivity (Wildman–Crippen MR) is 165 cm³/mol. The second-order valence-electron chi connectivity index (χ2n) is 13.4. The molecule has 42 heavy (non-hydrogen) atoms. The quantitative estimate of drug-likeness (QED) is 0.271. The minimum absolute atomic E-state index is 0.0668. The first-order valence-corrected chi connectivity index (χ1v) is 16.2. The van der Waals surface area contributed by atoms with Crippen LogP contribution in [-0.2, 0) is 4.74 Å². The number of rotatable bonds is 3. The van der Waals surface area contributed by atoms with Crippen LogP contribution in [0.15, 0.2) is 6.58 Å². The second kappa shape index (κ2) is 10.0. The molecule has 12 heteroatoms. The Morgan fingerprint density at radius 1 is 1.24 bits per heavy atom. The summed E-state index contributed by atoms with van der Waals surface area (Å²) in [5, 5.41) is 0.812. The first-order chi connectivity index (χ1) is 19.9. The highest BCUT2D eigenvalue weighted by atomic mass is 127. The van der Waals surface area contributed by atoms with Crippen LogP contribution in [-0.4, -0.2) is 87.5 Å². The van der Waals surface area contributed by atoms with Crippen LogP contribution in [0.3, 0.4) is 0 Å². The third-order valence-electron chi connectivity index (χ3n) is 9.65. The third kappa shape index (κ3) is 4.46. The van der Waals surface area contributed by atoms with Crippen LogP contribution in [0.1, 0.15) is 64.9 Å². The maximum atomic E-state index is 15.9. The van der Waals surface area contributed by atoms with Gasteiger partial charge in [0, 0.05) is 25.1 Å². The van der Waals surface area contributed by atoms with E-state index in [1.54, 1.807) is 0 Å². The highest BCUT2D eigenvalue weighted by Gasteiger charge is 2.52. The summed E-state index contributed by atoms with van der Waals surface area (Å²) in [5.41, 5.74) is 0.533. The van der Waals surface area contributed by atoms with E-state index in [2.05, 4.69) is 21.4 Å². The van der Waals surface area contributed by atoms with Crippen LogP contribution < -0.4 is 9.64 Å². The average Bonchev–Trinajstić information content (AvgIpc) is 3.52. The molecular formula is C30H35ClF2IN5O3. The van der Waals surface area contributed by atoms with Crippen molar-refractivity contribution in [1.82, 2.24) is 19.8 Å². The third-order valence-corrected chi connectivity index (χ3v) is 11.4. The number of piperazine rings is 1. The first kappa shape index (κ1) is 28.8. The molecule has 2 aromatic rings. The largest absolute Gasteiger partial charge is 0.461 e. The Morgan fingerprint density at radius 2 is 2.02 bits per heavy atom. The van der Waals surface area contributed by atoms with Gasteiger partial charge < -0.3 is 14.4 Å². The summed E-state index contributed by atoms with van der Waals surface area (Å²) in [4.78, 5) is 29.1. The lowest BCUT2D eigenvalue weighted by Gasteiger charge is -2.47. The van der Waals surface area contributed by atoms with Crippen LogP contribution >= 0.6 is 34.2 Å². The fourth-order valence-electron chi connectivity index (χ4n) is 7.97. The van der Waals surface area contributed by atoms with E-state index in [-0.39, 0.29) is 51.5 Å². The standard InChI is InChI=1S/C30H35ClF2IN5O3/c1-15-10-19-18-7-6-17(39(18)28(40)42-29(2,3)4)13-38(19)26-21-20(15)22(31)24(34)23(33)25(21)35-27(36-26)41-14-30-8-5-9-37(30)12-16(32)11-30/h16-19H,1,5-14H2,2-4H3/t16-,17-,18+,19-,30+/m1/s1. The molecule has 8 nitrogen and oxygen atoms in total. The summed E-state index contributed by atoms with van der Waals surface area (Å²) in [7, 11) is 0. The molecule has 4 saturated heterocycles. The zero-order chi connectivity index (χ0) is 29.7. The van der Waals surface area contributed by atoms with Gasteiger partial charge in [-0.2, -0.15) is 9.97 Å². The Balaban J connectivity index is 1.31. The highest BCUT2D eigenvalue weighted by molar-refractivity contribution is 14.1. The molecule has 4 fully saturated rings. The van der Waals surface area contributed by atoms with Crippen molar-refractivity contribution in [3.05, 3.63) is 26.6 Å². The van der Waals surface area contributed by atoms with Gasteiger partial charge in [0.1, 0.15) is 29.7 Å². The summed E-state index contributed by atoms with van der Waals surface area (Å²) in [6.45, 7) is 12.0. The summed E-state index contributed by atoms with van der Waals surface area (Å²) in [6, 6.07) is -0.310. The van der Waals surface area contributed by atoms with E-state index in [4.69, 9.17) is 26.1 Å². The Labute approximate surface area is 262 Å². The monoisotopic (exact) mass is 713 g/mol. The number of amides is 1. The van der Waals surface area contributed by atoms with E-state index in [0.717, 1.165) is 37.8 Å². The smallest absolute Gasteiger partial charge is 0.410 e. The van der Waals surface area contributed by atoms with Crippen molar-refractivity contribution in [2.75, 3.05) is 31.1 Å². The number of ether oxygens (including phenoxy) is 2. The zero-order valence-electron chi connectivity index (χ0n) is 24.1. The van der Waals surface area contributed by atoms with Crippen molar-refractivity contribution in [1.29, 1.82) is 0 Å². The first-order valence-electron chi connectivity index (χ1n) is 14.7. The summed E-state index contributed by atoms with van der Waals surface area (Å²) in [6.07, 6.45) is 3.21. The molecule has 0 saturated carbocycles. The minimum atomic E-state index is -0.886. The lowest BCUT2D eigenvalue weighted by Crippen LogP contribution is -2.62. The molecule has 5 atom stereocenters. The Morgan fingerprint density at radius 3 is 2.79 bits per heavy atom. The fourth-order valence-corrected chi connectivity index (χ4v) is 8.81. The van der Waals surface area contributed by atoms with Gasteiger partial charge in [0.05, 0.1) is 37.6 Å². The second-order valence-corrected chi connectivity index (χ2v) is 14.9. The Bertz CT molecular complexity index is 1500. The SMILES string of the molecule is C=C1C[C@@H]2[C@@H]3CC[C@H](CN2c2nc(OC[C@@]45CCCN4C[C@H](F)C5)nc4c(F)c(I)c(Cl)c1c24)N3C(=O)OC(C)(C)C. The number of aromatic nitrogens is 2. The van der Waals surface area contributed by atoms with E-state index in [0.29, 0.717) is 47.7 Å². The van der Waals surface area contributed by atoms with Crippen molar-refractivity contribution in [2.45, 2.75) is 94.7 Å². The molecule has 0 aliphatic carbocycles. The zero-order valence-corrected chi connectivity index (χ0v) is 27.0. The van der Waals surface area contributed by atoms with E-state index >= 15 is 4.39 Å². The molecule has 5 aliphatic heterocycles. The Kier molecular flexibility index (Phi) is 6.86. The van der Waals surface area contributed by atoms with Crippen LogP contribution in [0.2, 0.25) is 5.02 Å². The maximum absolute atomic E-state index is 15.9. The topological polar surface area (TPSA) is 71.0 Å². The van der Waals surface area contributed by atoms with Crippen molar-refractivity contribution in [2.24, 2.45) is 0 Å². The summed E-state index contributed by atoms with van der Waals surface area (Å²) >= 11 is 8.71. The maximum Gasteiger partial charge on any atom is 0.410 e. The van der Waals surface area contributed by atoms with E-state index in [9.17, 15) is 9.18 Å². The fraction of sp³-hybridized carbons (Fsp3) is 0.633. The number of nitrogens with zero attached hydrogens (tertiary/aromatic N) is 5. The van der Waals surface area contributed by atoms with Crippen LogP contribution in [0, 0.1) is 9.39 Å². The molecule has 0 unspecified atom stereocenters. The normalized spacial score (nSPS) is 30.5. The van der Waals surface area contributed by atoms with Crippen LogP contribution in [0.4, 0.5) is 19.4 Å². The molecule has 6 heterocycles. The molecule has 1 amide bonds. The summed E-state index contributed by atoms with van der Waals surface area (Å²) < 4.78 is 42.7. The molecule has 226 valence electrons. The lowest BCUT2D eigenvalue weighted by atomic mass is 9.93. The van der Waals surface area contributed by atoms with Crippen molar-refractivity contribution in [3.63, 3.8) is 0 Å². The van der Waals surface area contributed by atoms with Gasteiger partial charge in [-0.05, 0) is 87.6 Å². The molecule has 1 aromatic carbocycles. The van der Waals surface area contributed by atoms with Crippen molar-refractivity contribution < 1.29 is 23.0 Å². The predicted octanol–water partition coefficient (Wildman–Crippen LogP) is 6.36. The lowest BCUT2D eigenvalue weighted by molar-refractivity contribution is 0.00777. The van der Waals surface area contributed by atoms with Gasteiger partial charge in [-0.3, -0.25) is 9.80 Å². The molecule has 1 aromatic heterocycles. The number of hydrogen-bond acceptors (Lipinski definition) is 7. The molecule has 0 N–H and O–H groups in total. The molecule has 2 bridgehead atoms. The van der Waals surface area contributed by atoms with Gasteiger partial charge in [0.25, 0.3) is 0 Å². The number of anilines is 1. The van der Waals surface area contributed by atoms with Crippen molar-refractivity contribution >= 4 is 62.6 Å². The van der Waals surface area contributed by atoms with Gasteiger partial charge >= 0.3 is 12.1 Å². The number of fused-ring (bicyclic) bond motifs is 6. The highest BCUT2D eigenvalue weighted by Crippen LogP contribution is 2.49. The number of alkyl halides is 1. The van der Waals surface area contributed by atoms with Gasteiger partial charge in [0.15, 0.2) is 5.82 Å². The number of hydrogen-bond donors (Lipinski definition) is 0. The molecule has 5 aliphatic rings. The number of carbonyl (C=O) groups is 1. The number of halogens is 4. The average molecular weight is 714 g/mol. The van der Waals surface area contributed by atoms with Crippen LogP contribution in [0.5, 0.6) is 6.01 Å². The van der Waals surface area contributed by atoms with E-state index < -0.39 is 17.6 Å². The molecule has 7 rings (SSSR count). The van der Waals surface area contributed by atoms with Crippen LogP contribution in [0.25, 0.3) is 16.5 Å². The van der Waals surface area contributed by atoms with Gasteiger partial charge in [-0.1, -0.05) is 18.2 Å². The molecule has 0 radical (unpaired) electrons. The number of benzene rings is 1. The molecular weight excluding hydrogens is 679 g/mol. The van der Waals surface area contributed by atoms with Gasteiger partial charge in [0.2, 0.25) is 0 Å². The molecule has 0 spiro atoms. The number of carbonyl (C=O) groups excluding carboxylic acids is 1. The van der Waals surface area contributed by atoms with Gasteiger partial charge in [-0.15, -0.1) is 0 Å². The van der Waals surface area contributed by atoms with Crippen molar-refractivity contribution in [3.8, 4) is 6.01 Å². The van der Waals surface area contributed by atoms with E-state index in [1.807, 2.05) is 48.3 Å². The Hall–Kier alpha value is -1.99.